The summed E-state index contributed by atoms with van der Waals surface area (Å²) in [5.41, 5.74) is -1.60. The molecule has 1 saturated heterocycles. The SMILES string of the molecule is Cc1nc(OC2CCN(C(=O)C3CC(C)(O)C3)CC2)ccc1C(F)(F)F. The number of hydrogen-bond donors (Lipinski definition) is 1. The monoisotopic (exact) mass is 372 g/mol. The molecule has 2 aliphatic rings. The van der Waals surface area contributed by atoms with Crippen LogP contribution in [0, 0.1) is 12.8 Å². The van der Waals surface area contributed by atoms with E-state index in [1.807, 2.05) is 0 Å². The van der Waals surface area contributed by atoms with Gasteiger partial charge in [0.05, 0.1) is 16.9 Å². The molecule has 5 nitrogen and oxygen atoms in total. The molecule has 3 rings (SSSR count). The summed E-state index contributed by atoms with van der Waals surface area (Å²) in [5, 5.41) is 9.76. The van der Waals surface area contributed by atoms with E-state index in [9.17, 15) is 23.1 Å². The van der Waals surface area contributed by atoms with Gasteiger partial charge in [-0.1, -0.05) is 0 Å². The van der Waals surface area contributed by atoms with E-state index >= 15 is 0 Å². The molecule has 1 aromatic heterocycles. The molecule has 2 fully saturated rings. The van der Waals surface area contributed by atoms with Gasteiger partial charge < -0.3 is 14.7 Å². The first kappa shape index (κ1) is 18.9. The van der Waals surface area contributed by atoms with Crippen molar-refractivity contribution in [2.45, 2.75) is 57.4 Å². The molecule has 0 aromatic carbocycles. The van der Waals surface area contributed by atoms with Crippen LogP contribution in [0.2, 0.25) is 0 Å². The Morgan fingerprint density at radius 2 is 1.92 bits per heavy atom. The number of aromatic nitrogens is 1. The molecule has 0 spiro atoms. The number of hydrogen-bond acceptors (Lipinski definition) is 4. The Morgan fingerprint density at radius 3 is 2.42 bits per heavy atom. The number of aryl methyl sites for hydroxylation is 1. The fourth-order valence-corrected chi connectivity index (χ4v) is 3.70. The molecule has 1 amide bonds. The van der Waals surface area contributed by atoms with Crippen molar-refractivity contribution in [1.29, 1.82) is 0 Å². The zero-order valence-corrected chi connectivity index (χ0v) is 14.8. The van der Waals surface area contributed by atoms with Crippen LogP contribution in [0.25, 0.3) is 0 Å². The first-order valence-corrected chi connectivity index (χ1v) is 8.78. The van der Waals surface area contributed by atoms with Crippen molar-refractivity contribution in [3.8, 4) is 5.88 Å². The van der Waals surface area contributed by atoms with Crippen molar-refractivity contribution in [1.82, 2.24) is 9.88 Å². The molecule has 144 valence electrons. The van der Waals surface area contributed by atoms with Gasteiger partial charge in [0.15, 0.2) is 0 Å². The molecular weight excluding hydrogens is 349 g/mol. The van der Waals surface area contributed by atoms with Crippen LogP contribution in [0.4, 0.5) is 13.2 Å². The summed E-state index contributed by atoms with van der Waals surface area (Å²) in [4.78, 5) is 18.1. The van der Waals surface area contributed by atoms with Crippen molar-refractivity contribution in [2.24, 2.45) is 5.92 Å². The largest absolute Gasteiger partial charge is 0.474 e. The highest BCUT2D eigenvalue weighted by atomic mass is 19.4. The van der Waals surface area contributed by atoms with E-state index in [1.54, 1.807) is 11.8 Å². The number of carbonyl (C=O) groups is 1. The molecule has 0 atom stereocenters. The van der Waals surface area contributed by atoms with Crippen molar-refractivity contribution in [3.63, 3.8) is 0 Å². The van der Waals surface area contributed by atoms with Crippen molar-refractivity contribution >= 4 is 5.91 Å². The summed E-state index contributed by atoms with van der Waals surface area (Å²) >= 11 is 0. The van der Waals surface area contributed by atoms with Crippen LogP contribution >= 0.6 is 0 Å². The van der Waals surface area contributed by atoms with Gasteiger partial charge in [-0.3, -0.25) is 4.79 Å². The van der Waals surface area contributed by atoms with Gasteiger partial charge in [-0.25, -0.2) is 4.98 Å². The summed E-state index contributed by atoms with van der Waals surface area (Å²) in [5.74, 6) is 0.135. The molecule has 0 bridgehead atoms. The molecule has 1 saturated carbocycles. The summed E-state index contributed by atoms with van der Waals surface area (Å²) in [6, 6.07) is 2.22. The summed E-state index contributed by atoms with van der Waals surface area (Å²) in [7, 11) is 0. The van der Waals surface area contributed by atoms with Gasteiger partial charge in [-0.15, -0.1) is 0 Å². The minimum absolute atomic E-state index is 0.0680. The molecular formula is C18H23F3N2O3. The molecule has 1 aromatic rings. The molecule has 1 N–H and O–H groups in total. The van der Waals surface area contributed by atoms with Gasteiger partial charge >= 0.3 is 6.18 Å². The Kier molecular flexibility index (Phi) is 4.90. The molecule has 0 unspecified atom stereocenters. The lowest BCUT2D eigenvalue weighted by Crippen LogP contribution is -2.51. The molecule has 26 heavy (non-hydrogen) atoms. The predicted octanol–water partition coefficient (Wildman–Crippen LogP) is 2.94. The van der Waals surface area contributed by atoms with Crippen LogP contribution in [0.1, 0.15) is 43.9 Å². The second-order valence-electron chi connectivity index (χ2n) is 7.52. The Bertz CT molecular complexity index is 675. The lowest BCUT2D eigenvalue weighted by atomic mass is 9.71. The van der Waals surface area contributed by atoms with Gasteiger partial charge in [0.2, 0.25) is 11.8 Å². The number of alkyl halides is 3. The highest BCUT2D eigenvalue weighted by molar-refractivity contribution is 5.80. The fourth-order valence-electron chi connectivity index (χ4n) is 3.70. The molecule has 2 heterocycles. The van der Waals surface area contributed by atoms with Crippen LogP contribution in [-0.2, 0) is 11.0 Å². The van der Waals surface area contributed by atoms with Gasteiger partial charge in [-0.05, 0) is 32.8 Å². The maximum absolute atomic E-state index is 12.8. The maximum atomic E-state index is 12.8. The number of aliphatic hydroxyl groups is 1. The van der Waals surface area contributed by atoms with E-state index in [1.165, 1.54) is 13.0 Å². The van der Waals surface area contributed by atoms with Gasteiger partial charge in [0.25, 0.3) is 0 Å². The van der Waals surface area contributed by atoms with Crippen LogP contribution in [-0.4, -0.2) is 45.7 Å². The molecule has 1 aliphatic heterocycles. The van der Waals surface area contributed by atoms with Crippen molar-refractivity contribution in [2.75, 3.05) is 13.1 Å². The smallest absolute Gasteiger partial charge is 0.418 e. The van der Waals surface area contributed by atoms with Gasteiger partial charge in [-0.2, -0.15) is 13.2 Å². The van der Waals surface area contributed by atoms with E-state index in [2.05, 4.69) is 4.98 Å². The Morgan fingerprint density at radius 1 is 1.31 bits per heavy atom. The Hall–Kier alpha value is -1.83. The minimum atomic E-state index is -4.42. The number of amides is 1. The normalized spacial score (nSPS) is 27.2. The average Bonchev–Trinajstić information content (AvgIpc) is 2.51. The molecule has 8 heteroatoms. The van der Waals surface area contributed by atoms with E-state index in [4.69, 9.17) is 4.74 Å². The quantitative estimate of drug-likeness (QED) is 0.886. The van der Waals surface area contributed by atoms with Crippen molar-refractivity contribution < 1.29 is 27.8 Å². The minimum Gasteiger partial charge on any atom is -0.474 e. The van der Waals surface area contributed by atoms with Crippen LogP contribution in [0.5, 0.6) is 5.88 Å². The summed E-state index contributed by atoms with van der Waals surface area (Å²) in [6.07, 6.45) is -2.39. The van der Waals surface area contributed by atoms with Gasteiger partial charge in [0, 0.05) is 37.9 Å². The zero-order chi connectivity index (χ0) is 19.1. The van der Waals surface area contributed by atoms with Crippen LogP contribution in [0.15, 0.2) is 12.1 Å². The Labute approximate surface area is 150 Å². The second-order valence-corrected chi connectivity index (χ2v) is 7.52. The van der Waals surface area contributed by atoms with E-state index in [-0.39, 0.29) is 29.5 Å². The second kappa shape index (κ2) is 6.72. The number of halogens is 3. The van der Waals surface area contributed by atoms with Gasteiger partial charge in [0.1, 0.15) is 6.10 Å². The first-order chi connectivity index (χ1) is 12.0. The number of ether oxygens (including phenoxy) is 1. The number of pyridine rings is 1. The van der Waals surface area contributed by atoms with E-state index in [0.717, 1.165) is 6.07 Å². The average molecular weight is 372 g/mol. The summed E-state index contributed by atoms with van der Waals surface area (Å²) in [6.45, 7) is 4.13. The van der Waals surface area contributed by atoms with Crippen LogP contribution < -0.4 is 4.74 Å². The highest BCUT2D eigenvalue weighted by Gasteiger charge is 2.44. The lowest BCUT2D eigenvalue weighted by Gasteiger charge is -2.43. The number of carbonyl (C=O) groups excluding carboxylic acids is 1. The van der Waals surface area contributed by atoms with Crippen molar-refractivity contribution in [3.05, 3.63) is 23.4 Å². The topological polar surface area (TPSA) is 62.7 Å². The third-order valence-corrected chi connectivity index (χ3v) is 5.13. The van der Waals surface area contributed by atoms with Crippen LogP contribution in [0.3, 0.4) is 0 Å². The standard InChI is InChI=1S/C18H23F3N2O3/c1-11-14(18(19,20)21)3-4-15(22-11)26-13-5-7-23(8-6-13)16(24)12-9-17(2,25)10-12/h3-4,12-13,25H,5-10H2,1-2H3. The predicted molar refractivity (Wildman–Crippen MR) is 87.6 cm³/mol. The van der Waals surface area contributed by atoms with E-state index in [0.29, 0.717) is 38.8 Å². The maximum Gasteiger partial charge on any atom is 0.418 e. The number of nitrogens with zero attached hydrogens (tertiary/aromatic N) is 2. The molecule has 0 radical (unpaired) electrons. The zero-order valence-electron chi connectivity index (χ0n) is 14.8. The lowest BCUT2D eigenvalue weighted by molar-refractivity contribution is -0.151. The third kappa shape index (κ3) is 4.11. The number of rotatable bonds is 3. The third-order valence-electron chi connectivity index (χ3n) is 5.13. The summed E-state index contributed by atoms with van der Waals surface area (Å²) < 4.78 is 44.0. The fraction of sp³-hybridized carbons (Fsp3) is 0.667. The number of likely N-dealkylation sites (tertiary alicyclic amines) is 1. The first-order valence-electron chi connectivity index (χ1n) is 8.78. The van der Waals surface area contributed by atoms with E-state index < -0.39 is 17.3 Å². The Balaban J connectivity index is 1.51. The number of piperidine rings is 1. The molecule has 1 aliphatic carbocycles. The highest BCUT2D eigenvalue weighted by Crippen LogP contribution is 2.39.